The van der Waals surface area contributed by atoms with Crippen LogP contribution in [0.2, 0.25) is 0 Å². The summed E-state index contributed by atoms with van der Waals surface area (Å²) in [6.45, 7) is 6.19. The highest BCUT2D eigenvalue weighted by atomic mass is 19.1. The fraction of sp³-hybridized carbons (Fsp3) is 0.171. The largest absolute Gasteiger partial charge is 0.497 e. The number of carbonyl (C=O) groups excluding carboxylic acids is 1. The highest BCUT2D eigenvalue weighted by molar-refractivity contribution is 6.03. The second-order valence-corrected chi connectivity index (χ2v) is 10.8. The number of H-pyrrole nitrogens is 1. The second-order valence-electron chi connectivity index (χ2n) is 10.8. The smallest absolute Gasteiger partial charge is 0.265 e. The summed E-state index contributed by atoms with van der Waals surface area (Å²) in [6.07, 6.45) is 1.46. The molecule has 4 aromatic carbocycles. The van der Waals surface area contributed by atoms with Crippen LogP contribution in [0.15, 0.2) is 77.9 Å². The number of aromatic nitrogens is 3. The molecule has 0 spiro atoms. The molecule has 0 fully saturated rings. The van der Waals surface area contributed by atoms with Crippen LogP contribution in [-0.4, -0.2) is 27.6 Å². The number of carbonyl (C=O) groups is 1. The third-order valence-corrected chi connectivity index (χ3v) is 8.12. The van der Waals surface area contributed by atoms with Gasteiger partial charge >= 0.3 is 0 Å². The first-order valence-electron chi connectivity index (χ1n) is 14.1. The monoisotopic (exact) mass is 590 g/mol. The molecule has 0 saturated heterocycles. The number of halogens is 1. The summed E-state index contributed by atoms with van der Waals surface area (Å²) >= 11 is 0. The topological polar surface area (TPSA) is 112 Å². The van der Waals surface area contributed by atoms with E-state index in [9.17, 15) is 14.0 Å². The number of fused-ring (bicyclic) bond motifs is 2. The molecule has 0 aliphatic heterocycles. The normalized spacial score (nSPS) is 11.3. The molecule has 0 saturated carbocycles. The Labute approximate surface area is 252 Å². The van der Waals surface area contributed by atoms with Crippen molar-refractivity contribution in [3.8, 4) is 28.3 Å². The van der Waals surface area contributed by atoms with Crippen molar-refractivity contribution in [3.05, 3.63) is 117 Å². The van der Waals surface area contributed by atoms with Crippen molar-refractivity contribution in [2.45, 2.75) is 33.8 Å². The van der Waals surface area contributed by atoms with Crippen molar-refractivity contribution in [1.82, 2.24) is 14.5 Å². The fourth-order valence-electron chi connectivity index (χ4n) is 5.71. The van der Waals surface area contributed by atoms with Crippen LogP contribution >= 0.6 is 0 Å². The number of nitrogens with one attached hydrogen (secondary N) is 1. The molecule has 3 N–H and O–H groups in total. The Bertz CT molecular complexity index is 2130. The number of primary amides is 1. The van der Waals surface area contributed by atoms with Crippen LogP contribution in [0.5, 0.6) is 11.5 Å². The summed E-state index contributed by atoms with van der Waals surface area (Å²) in [4.78, 5) is 33.6. The maximum Gasteiger partial charge on any atom is 0.265 e. The Hall–Kier alpha value is -5.44. The van der Waals surface area contributed by atoms with Crippen molar-refractivity contribution in [1.29, 1.82) is 0 Å². The number of amides is 1. The number of rotatable bonds is 8. The van der Waals surface area contributed by atoms with E-state index in [1.54, 1.807) is 7.11 Å². The van der Waals surface area contributed by atoms with Crippen LogP contribution in [0.1, 0.15) is 27.9 Å². The standard InChI is InChI=1S/C35H31FN4O4/c1-19-21(3)39-34-28(16-32(37)41)31(44-17-22-8-11-24(43-4)12-9-22)15-26(33(19)34)25-6-5-7-30(20(25)2)40-18-38-29-13-10-23(36)14-27(29)35(40)42/h5-15,18,39H,16-17H2,1-4H3,(H2,37,41). The molecule has 0 radical (unpaired) electrons. The third kappa shape index (κ3) is 5.06. The number of benzene rings is 4. The molecular formula is C35H31FN4O4. The highest BCUT2D eigenvalue weighted by Gasteiger charge is 2.22. The Morgan fingerprint density at radius 1 is 1.00 bits per heavy atom. The van der Waals surface area contributed by atoms with Gasteiger partial charge in [0.1, 0.15) is 30.3 Å². The first-order chi connectivity index (χ1) is 21.2. The van der Waals surface area contributed by atoms with Crippen LogP contribution in [0.4, 0.5) is 4.39 Å². The Morgan fingerprint density at radius 2 is 1.77 bits per heavy atom. The van der Waals surface area contributed by atoms with Crippen LogP contribution in [-0.2, 0) is 17.8 Å². The lowest BCUT2D eigenvalue weighted by atomic mass is 9.91. The summed E-state index contributed by atoms with van der Waals surface area (Å²) in [7, 11) is 1.61. The minimum Gasteiger partial charge on any atom is -0.497 e. The molecule has 8 nitrogen and oxygen atoms in total. The zero-order chi connectivity index (χ0) is 31.1. The van der Waals surface area contributed by atoms with Gasteiger partial charge in [-0.15, -0.1) is 0 Å². The van der Waals surface area contributed by atoms with Gasteiger partial charge in [0.25, 0.3) is 5.56 Å². The average molecular weight is 591 g/mol. The van der Waals surface area contributed by atoms with E-state index in [1.165, 1.54) is 29.1 Å². The van der Waals surface area contributed by atoms with Gasteiger partial charge in [0.15, 0.2) is 0 Å². The molecule has 0 bridgehead atoms. The van der Waals surface area contributed by atoms with Crippen molar-refractivity contribution in [2.24, 2.45) is 5.73 Å². The van der Waals surface area contributed by atoms with Gasteiger partial charge in [-0.25, -0.2) is 9.37 Å². The van der Waals surface area contributed by atoms with Gasteiger partial charge in [-0.3, -0.25) is 14.2 Å². The van der Waals surface area contributed by atoms with E-state index in [-0.39, 0.29) is 24.0 Å². The van der Waals surface area contributed by atoms with Gasteiger partial charge in [-0.1, -0.05) is 24.3 Å². The van der Waals surface area contributed by atoms with Gasteiger partial charge in [0, 0.05) is 16.6 Å². The fourth-order valence-corrected chi connectivity index (χ4v) is 5.71. The quantitative estimate of drug-likeness (QED) is 0.219. The van der Waals surface area contributed by atoms with E-state index in [0.717, 1.165) is 50.2 Å². The summed E-state index contributed by atoms with van der Waals surface area (Å²) in [6, 6.07) is 19.2. The van der Waals surface area contributed by atoms with Gasteiger partial charge in [-0.05, 0) is 91.1 Å². The number of nitrogens with zero attached hydrogens (tertiary/aromatic N) is 2. The number of hydrogen-bond donors (Lipinski definition) is 2. The summed E-state index contributed by atoms with van der Waals surface area (Å²) < 4.78 is 27.1. The van der Waals surface area contributed by atoms with E-state index < -0.39 is 11.7 Å². The predicted molar refractivity (Wildman–Crippen MR) is 169 cm³/mol. The molecule has 0 aliphatic carbocycles. The van der Waals surface area contributed by atoms with Gasteiger partial charge in [0.2, 0.25) is 5.91 Å². The van der Waals surface area contributed by atoms with E-state index in [4.69, 9.17) is 15.2 Å². The lowest BCUT2D eigenvalue weighted by Gasteiger charge is -2.18. The van der Waals surface area contributed by atoms with Crippen LogP contribution < -0.4 is 20.8 Å². The number of hydrogen-bond acceptors (Lipinski definition) is 5. The zero-order valence-corrected chi connectivity index (χ0v) is 24.8. The number of aryl methyl sites for hydroxylation is 2. The average Bonchev–Trinajstić information content (AvgIpc) is 3.31. The number of ether oxygens (including phenoxy) is 2. The molecule has 2 aromatic heterocycles. The third-order valence-electron chi connectivity index (χ3n) is 8.12. The Morgan fingerprint density at radius 3 is 2.50 bits per heavy atom. The van der Waals surface area contributed by atoms with E-state index >= 15 is 0 Å². The first kappa shape index (κ1) is 28.7. The molecule has 44 heavy (non-hydrogen) atoms. The van der Waals surface area contributed by atoms with Gasteiger partial charge < -0.3 is 20.2 Å². The van der Waals surface area contributed by atoms with E-state index in [1.807, 2.05) is 69.3 Å². The van der Waals surface area contributed by atoms with Crippen molar-refractivity contribution < 1.29 is 18.7 Å². The van der Waals surface area contributed by atoms with Crippen molar-refractivity contribution in [3.63, 3.8) is 0 Å². The molecule has 222 valence electrons. The molecule has 9 heteroatoms. The minimum absolute atomic E-state index is 0.0121. The predicted octanol–water partition coefficient (Wildman–Crippen LogP) is 6.21. The molecule has 0 aliphatic rings. The number of methoxy groups -OCH3 is 1. The molecule has 0 unspecified atom stereocenters. The van der Waals surface area contributed by atoms with E-state index in [0.29, 0.717) is 22.5 Å². The van der Waals surface area contributed by atoms with Crippen LogP contribution in [0.25, 0.3) is 38.6 Å². The molecule has 6 rings (SSSR count). The summed E-state index contributed by atoms with van der Waals surface area (Å²) in [5.41, 5.74) is 13.3. The first-order valence-corrected chi connectivity index (χ1v) is 14.1. The maximum absolute atomic E-state index is 14.0. The minimum atomic E-state index is -0.501. The molecular weight excluding hydrogens is 559 g/mol. The van der Waals surface area contributed by atoms with Crippen LogP contribution in [0.3, 0.4) is 0 Å². The number of aromatic amines is 1. The van der Waals surface area contributed by atoms with E-state index in [2.05, 4.69) is 9.97 Å². The highest BCUT2D eigenvalue weighted by Crippen LogP contribution is 2.42. The van der Waals surface area contributed by atoms with Crippen molar-refractivity contribution in [2.75, 3.05) is 7.11 Å². The molecule has 6 aromatic rings. The summed E-state index contributed by atoms with van der Waals surface area (Å²) in [5, 5.41) is 1.13. The Balaban J connectivity index is 1.54. The molecule has 2 heterocycles. The SMILES string of the molecule is COc1ccc(COc2cc(-c3cccc(-n4cnc5ccc(F)cc5c4=O)c3C)c3c(C)c(C)[nH]c3c2CC(N)=O)cc1. The number of nitrogens with two attached hydrogens (primary N) is 1. The van der Waals surface area contributed by atoms with Gasteiger partial charge in [-0.2, -0.15) is 0 Å². The van der Waals surface area contributed by atoms with Crippen molar-refractivity contribution >= 4 is 27.7 Å². The maximum atomic E-state index is 14.0. The zero-order valence-electron chi connectivity index (χ0n) is 24.8. The van der Waals surface area contributed by atoms with Gasteiger partial charge in [0.05, 0.1) is 35.6 Å². The summed E-state index contributed by atoms with van der Waals surface area (Å²) in [5.74, 6) is 0.285. The Kier molecular flexibility index (Phi) is 7.38. The lowest BCUT2D eigenvalue weighted by molar-refractivity contribution is -0.117. The van der Waals surface area contributed by atoms with Crippen LogP contribution in [0, 0.1) is 26.6 Å². The molecule has 1 amide bonds. The lowest BCUT2D eigenvalue weighted by Crippen LogP contribution is -2.20. The second kappa shape index (κ2) is 11.3. The molecule has 0 atom stereocenters.